The molecule has 0 saturated heterocycles. The van der Waals surface area contributed by atoms with Crippen LogP contribution in [0.5, 0.6) is 0 Å². The number of nitrogens with zero attached hydrogens (tertiary/aromatic N) is 4. The molecule has 1 aliphatic heterocycles. The average molecular weight is 450 g/mol. The predicted molar refractivity (Wildman–Crippen MR) is 128 cm³/mol. The minimum absolute atomic E-state index is 0.00857. The van der Waals surface area contributed by atoms with Gasteiger partial charge in [0.15, 0.2) is 11.0 Å². The van der Waals surface area contributed by atoms with Gasteiger partial charge in [-0.15, -0.1) is 10.2 Å². The van der Waals surface area contributed by atoms with Gasteiger partial charge >= 0.3 is 0 Å². The van der Waals surface area contributed by atoms with Gasteiger partial charge in [-0.3, -0.25) is 14.5 Å². The monoisotopic (exact) mass is 449 g/mol. The third-order valence-corrected chi connectivity index (χ3v) is 6.94. The van der Waals surface area contributed by atoms with E-state index in [0.29, 0.717) is 17.4 Å². The van der Waals surface area contributed by atoms with E-state index < -0.39 is 5.25 Å². The summed E-state index contributed by atoms with van der Waals surface area (Å²) in [6.45, 7) is 8.82. The van der Waals surface area contributed by atoms with Crippen molar-refractivity contribution in [2.75, 3.05) is 16.8 Å². The predicted octanol–water partition coefficient (Wildman–Crippen LogP) is 4.38. The lowest BCUT2D eigenvalue weighted by Crippen LogP contribution is -2.47. The maximum Gasteiger partial charge on any atom is 0.244 e. The Morgan fingerprint density at radius 1 is 1.16 bits per heavy atom. The zero-order valence-corrected chi connectivity index (χ0v) is 19.5. The van der Waals surface area contributed by atoms with Crippen molar-refractivity contribution in [1.82, 2.24) is 14.8 Å². The summed E-state index contributed by atoms with van der Waals surface area (Å²) in [7, 11) is 0. The molecule has 2 aromatic carbocycles. The lowest BCUT2D eigenvalue weighted by Gasteiger charge is -2.32. The molecule has 1 aliphatic rings. The molecule has 1 N–H and O–H groups in total. The highest BCUT2D eigenvalue weighted by Crippen LogP contribution is 2.35. The Hall–Kier alpha value is -3.13. The number of anilines is 2. The van der Waals surface area contributed by atoms with Crippen LogP contribution < -0.4 is 10.2 Å². The van der Waals surface area contributed by atoms with Crippen molar-refractivity contribution in [3.8, 4) is 11.4 Å². The second-order valence-corrected chi connectivity index (χ2v) is 9.30. The maximum atomic E-state index is 13.6. The van der Waals surface area contributed by atoms with Crippen molar-refractivity contribution in [2.45, 2.75) is 44.6 Å². The van der Waals surface area contributed by atoms with Gasteiger partial charge in [0.1, 0.15) is 6.54 Å². The first-order chi connectivity index (χ1) is 15.4. The lowest BCUT2D eigenvalue weighted by atomic mass is 10.1. The standard InChI is InChI=1S/C24H27N5O2S/c1-5-28-22(17-10-8-9-16(4)13-17)26-27-24(28)32-21(15(2)3)23(31)29-14-20(30)25-18-11-6-7-12-19(18)29/h6-13,15,21H,5,14H2,1-4H3,(H,25,30). The highest BCUT2D eigenvalue weighted by Gasteiger charge is 2.35. The first-order valence-electron chi connectivity index (χ1n) is 10.8. The fourth-order valence-electron chi connectivity index (χ4n) is 3.83. The van der Waals surface area contributed by atoms with Crippen molar-refractivity contribution in [3.05, 3.63) is 54.1 Å². The molecule has 1 unspecified atom stereocenters. The van der Waals surface area contributed by atoms with E-state index >= 15 is 0 Å². The van der Waals surface area contributed by atoms with Crippen LogP contribution in [-0.2, 0) is 16.1 Å². The van der Waals surface area contributed by atoms with Crippen LogP contribution in [0.2, 0.25) is 0 Å². The van der Waals surface area contributed by atoms with Gasteiger partial charge in [-0.1, -0.05) is 61.5 Å². The minimum atomic E-state index is -0.409. The summed E-state index contributed by atoms with van der Waals surface area (Å²) in [5, 5.41) is 12.0. The molecule has 0 saturated carbocycles. The second kappa shape index (κ2) is 9.16. The summed E-state index contributed by atoms with van der Waals surface area (Å²) >= 11 is 1.41. The molecule has 8 heteroatoms. The number of rotatable bonds is 6. The number of carbonyl (C=O) groups is 2. The van der Waals surface area contributed by atoms with Gasteiger partial charge in [-0.2, -0.15) is 0 Å². The molecule has 2 heterocycles. The molecule has 3 aromatic rings. The Kier molecular flexibility index (Phi) is 6.32. The van der Waals surface area contributed by atoms with Crippen LogP contribution >= 0.6 is 11.8 Å². The highest BCUT2D eigenvalue weighted by atomic mass is 32.2. The Bertz CT molecular complexity index is 1160. The van der Waals surface area contributed by atoms with Gasteiger partial charge in [-0.25, -0.2) is 0 Å². The van der Waals surface area contributed by atoms with Gasteiger partial charge in [0, 0.05) is 12.1 Å². The zero-order chi connectivity index (χ0) is 22.8. The third kappa shape index (κ3) is 4.27. The Labute approximate surface area is 192 Å². The summed E-state index contributed by atoms with van der Waals surface area (Å²) in [5.74, 6) is 0.531. The third-order valence-electron chi connectivity index (χ3n) is 5.43. The molecule has 7 nitrogen and oxygen atoms in total. The first-order valence-corrected chi connectivity index (χ1v) is 11.6. The Morgan fingerprint density at radius 3 is 2.66 bits per heavy atom. The van der Waals surface area contributed by atoms with E-state index in [0.717, 1.165) is 22.6 Å². The molecule has 1 aromatic heterocycles. The maximum absolute atomic E-state index is 13.6. The zero-order valence-electron chi connectivity index (χ0n) is 18.7. The molecular formula is C24H27N5O2S. The average Bonchev–Trinajstić information content (AvgIpc) is 3.18. The van der Waals surface area contributed by atoms with Crippen LogP contribution in [0.4, 0.5) is 11.4 Å². The van der Waals surface area contributed by atoms with E-state index in [1.54, 1.807) is 4.90 Å². The fourth-order valence-corrected chi connectivity index (χ4v) is 4.99. The number of carbonyl (C=O) groups excluding carboxylic acids is 2. The van der Waals surface area contributed by atoms with E-state index in [4.69, 9.17) is 0 Å². The SMILES string of the molecule is CCn1c(SC(C(=O)N2CC(=O)Nc3ccccc32)C(C)C)nnc1-c1cccc(C)c1. The number of nitrogens with one attached hydrogen (secondary N) is 1. The quantitative estimate of drug-likeness (QED) is 0.565. The Balaban J connectivity index is 1.65. The molecule has 0 bridgehead atoms. The number of aromatic nitrogens is 3. The number of aryl methyl sites for hydroxylation is 1. The number of hydrogen-bond donors (Lipinski definition) is 1. The molecule has 0 spiro atoms. The van der Waals surface area contributed by atoms with Crippen molar-refractivity contribution < 1.29 is 9.59 Å². The largest absolute Gasteiger partial charge is 0.323 e. The van der Waals surface area contributed by atoms with E-state index in [1.165, 1.54) is 11.8 Å². The summed E-state index contributed by atoms with van der Waals surface area (Å²) in [6, 6.07) is 15.5. The summed E-state index contributed by atoms with van der Waals surface area (Å²) in [4.78, 5) is 27.5. The smallest absolute Gasteiger partial charge is 0.244 e. The van der Waals surface area contributed by atoms with Crippen LogP contribution in [0.15, 0.2) is 53.7 Å². The number of fused-ring (bicyclic) bond motifs is 1. The molecule has 2 amide bonds. The summed E-state index contributed by atoms with van der Waals surface area (Å²) < 4.78 is 2.04. The first kappa shape index (κ1) is 22.1. The summed E-state index contributed by atoms with van der Waals surface area (Å²) in [5.41, 5.74) is 3.53. The molecule has 4 rings (SSSR count). The molecule has 32 heavy (non-hydrogen) atoms. The summed E-state index contributed by atoms with van der Waals surface area (Å²) in [6.07, 6.45) is 0. The van der Waals surface area contributed by atoms with Crippen LogP contribution in [0.1, 0.15) is 26.3 Å². The van der Waals surface area contributed by atoms with Crippen molar-refractivity contribution >= 4 is 35.0 Å². The van der Waals surface area contributed by atoms with Crippen molar-refractivity contribution in [3.63, 3.8) is 0 Å². The van der Waals surface area contributed by atoms with Gasteiger partial charge in [0.25, 0.3) is 0 Å². The molecule has 166 valence electrons. The molecule has 1 atom stereocenters. The molecule has 0 aliphatic carbocycles. The lowest BCUT2D eigenvalue weighted by molar-refractivity contribution is -0.122. The number of benzene rings is 2. The highest BCUT2D eigenvalue weighted by molar-refractivity contribution is 8.00. The second-order valence-electron chi connectivity index (χ2n) is 8.19. The van der Waals surface area contributed by atoms with Gasteiger partial charge < -0.3 is 9.88 Å². The molecule has 0 radical (unpaired) electrons. The fraction of sp³-hybridized carbons (Fsp3) is 0.333. The molecular weight excluding hydrogens is 422 g/mol. The van der Waals surface area contributed by atoms with E-state index in [9.17, 15) is 9.59 Å². The van der Waals surface area contributed by atoms with Gasteiger partial charge in [0.05, 0.1) is 16.6 Å². The normalized spacial score (nSPS) is 14.3. The van der Waals surface area contributed by atoms with Crippen molar-refractivity contribution in [1.29, 1.82) is 0 Å². The number of thioether (sulfide) groups is 1. The number of amides is 2. The molecule has 0 fully saturated rings. The van der Waals surface area contributed by atoms with Crippen LogP contribution in [0.25, 0.3) is 11.4 Å². The van der Waals surface area contributed by atoms with E-state index in [1.807, 2.05) is 74.7 Å². The van der Waals surface area contributed by atoms with Crippen LogP contribution in [0.3, 0.4) is 0 Å². The van der Waals surface area contributed by atoms with Crippen LogP contribution in [0, 0.1) is 12.8 Å². The van der Waals surface area contributed by atoms with Gasteiger partial charge in [-0.05, 0) is 38.0 Å². The van der Waals surface area contributed by atoms with Gasteiger partial charge in [0.2, 0.25) is 11.8 Å². The number of para-hydroxylation sites is 2. The topological polar surface area (TPSA) is 80.1 Å². The Morgan fingerprint density at radius 2 is 1.94 bits per heavy atom. The van der Waals surface area contributed by atoms with Crippen molar-refractivity contribution in [2.24, 2.45) is 5.92 Å². The minimum Gasteiger partial charge on any atom is -0.323 e. The van der Waals surface area contributed by atoms with E-state index in [2.05, 4.69) is 21.6 Å². The van der Waals surface area contributed by atoms with E-state index in [-0.39, 0.29) is 24.3 Å². The van der Waals surface area contributed by atoms with Crippen LogP contribution in [-0.4, -0.2) is 38.4 Å². The number of hydrogen-bond acceptors (Lipinski definition) is 5.